The summed E-state index contributed by atoms with van der Waals surface area (Å²) in [4.78, 5) is 15.7. The van der Waals surface area contributed by atoms with Gasteiger partial charge in [-0.25, -0.2) is 9.18 Å². The number of hydrogen-bond acceptors (Lipinski definition) is 5. The Balaban J connectivity index is 2.16. The lowest BCUT2D eigenvalue weighted by molar-refractivity contribution is 0.0595. The van der Waals surface area contributed by atoms with Gasteiger partial charge in [-0.15, -0.1) is 0 Å². The van der Waals surface area contributed by atoms with Gasteiger partial charge in [0, 0.05) is 17.3 Å². The van der Waals surface area contributed by atoms with E-state index in [1.54, 1.807) is 6.07 Å². The van der Waals surface area contributed by atoms with Crippen LogP contribution in [0.15, 0.2) is 24.4 Å². The first-order valence-corrected chi connectivity index (χ1v) is 6.08. The molecule has 0 fully saturated rings. The van der Waals surface area contributed by atoms with Crippen LogP contribution in [-0.4, -0.2) is 18.1 Å². The van der Waals surface area contributed by atoms with Crippen molar-refractivity contribution >= 4 is 5.97 Å². The summed E-state index contributed by atoms with van der Waals surface area (Å²) in [6.45, 7) is 0.205. The van der Waals surface area contributed by atoms with Crippen molar-refractivity contribution in [3.63, 3.8) is 0 Å². The molecular formula is C15H9FN2O3. The van der Waals surface area contributed by atoms with E-state index >= 15 is 0 Å². The van der Waals surface area contributed by atoms with Gasteiger partial charge in [0.2, 0.25) is 0 Å². The summed E-state index contributed by atoms with van der Waals surface area (Å²) in [5.74, 6) is -1.11. The first kappa shape index (κ1) is 13.1. The number of pyridine rings is 1. The fraction of sp³-hybridized carbons (Fsp3) is 0.133. The average molecular weight is 284 g/mol. The molecule has 3 rings (SSSR count). The van der Waals surface area contributed by atoms with Crippen molar-refractivity contribution < 1.29 is 18.7 Å². The Kier molecular flexibility index (Phi) is 3.03. The smallest absolute Gasteiger partial charge is 0.340 e. The molecule has 0 saturated carbocycles. The lowest BCUT2D eigenvalue weighted by atomic mass is 9.99. The predicted octanol–water partition coefficient (Wildman–Crippen LogP) is 2.44. The third-order valence-corrected chi connectivity index (χ3v) is 3.21. The van der Waals surface area contributed by atoms with Crippen LogP contribution in [0.25, 0.3) is 11.3 Å². The Morgan fingerprint density at radius 1 is 1.48 bits per heavy atom. The Morgan fingerprint density at radius 2 is 2.29 bits per heavy atom. The number of methoxy groups -OCH3 is 1. The zero-order chi connectivity index (χ0) is 15.0. The standard InChI is InChI=1S/C15H9FN2O3/c1-20-15(19)10-4-13-11(3-12(10)16)14-9(7-21-13)2-8(5-17)6-18-14/h2-4,6H,7H2,1H3. The van der Waals surface area contributed by atoms with Gasteiger partial charge < -0.3 is 9.47 Å². The SMILES string of the molecule is COC(=O)c1cc2c(cc1F)-c1ncc(C#N)cc1CO2. The molecular weight excluding hydrogens is 275 g/mol. The predicted molar refractivity (Wildman–Crippen MR) is 70.0 cm³/mol. The summed E-state index contributed by atoms with van der Waals surface area (Å²) < 4.78 is 24.1. The van der Waals surface area contributed by atoms with Crippen molar-refractivity contribution in [2.75, 3.05) is 7.11 Å². The number of benzene rings is 1. The maximum Gasteiger partial charge on any atom is 0.340 e. The molecule has 0 spiro atoms. The number of hydrogen-bond donors (Lipinski definition) is 0. The second-order valence-electron chi connectivity index (χ2n) is 4.45. The minimum Gasteiger partial charge on any atom is -0.488 e. The van der Waals surface area contributed by atoms with E-state index in [9.17, 15) is 9.18 Å². The normalized spacial score (nSPS) is 11.7. The summed E-state index contributed by atoms with van der Waals surface area (Å²) >= 11 is 0. The highest BCUT2D eigenvalue weighted by atomic mass is 19.1. The minimum atomic E-state index is -0.766. The molecule has 0 atom stereocenters. The lowest BCUT2D eigenvalue weighted by Crippen LogP contribution is -2.11. The molecule has 2 aromatic rings. The molecule has 0 saturated heterocycles. The summed E-state index contributed by atoms with van der Waals surface area (Å²) in [6, 6.07) is 6.14. The first-order chi connectivity index (χ1) is 10.1. The molecule has 1 aromatic heterocycles. The molecule has 0 bridgehead atoms. The second-order valence-corrected chi connectivity index (χ2v) is 4.45. The number of esters is 1. The van der Waals surface area contributed by atoms with Crippen LogP contribution in [0.3, 0.4) is 0 Å². The van der Waals surface area contributed by atoms with Crippen molar-refractivity contribution in [1.82, 2.24) is 4.98 Å². The van der Waals surface area contributed by atoms with E-state index in [0.29, 0.717) is 28.1 Å². The van der Waals surface area contributed by atoms with Crippen LogP contribution in [0.4, 0.5) is 4.39 Å². The molecule has 104 valence electrons. The number of nitriles is 1. The molecule has 1 aliphatic rings. The van der Waals surface area contributed by atoms with E-state index in [-0.39, 0.29) is 12.2 Å². The Bertz CT molecular complexity index is 796. The van der Waals surface area contributed by atoms with Crippen molar-refractivity contribution in [1.29, 1.82) is 5.26 Å². The van der Waals surface area contributed by atoms with Gasteiger partial charge in [-0.05, 0) is 18.2 Å². The molecule has 0 amide bonds. The van der Waals surface area contributed by atoms with Gasteiger partial charge in [-0.3, -0.25) is 4.98 Å². The molecule has 2 heterocycles. The summed E-state index contributed by atoms with van der Waals surface area (Å²) in [6.07, 6.45) is 1.42. The van der Waals surface area contributed by atoms with Crippen LogP contribution in [0.5, 0.6) is 5.75 Å². The highest BCUT2D eigenvalue weighted by Gasteiger charge is 2.24. The number of nitrogens with zero attached hydrogens (tertiary/aromatic N) is 2. The van der Waals surface area contributed by atoms with Crippen LogP contribution >= 0.6 is 0 Å². The zero-order valence-electron chi connectivity index (χ0n) is 11.0. The highest BCUT2D eigenvalue weighted by molar-refractivity contribution is 5.91. The van der Waals surface area contributed by atoms with Gasteiger partial charge in [0.25, 0.3) is 0 Å². The molecule has 1 aromatic carbocycles. The quantitative estimate of drug-likeness (QED) is 0.752. The van der Waals surface area contributed by atoms with Gasteiger partial charge >= 0.3 is 5.97 Å². The fourth-order valence-electron chi connectivity index (χ4n) is 2.20. The van der Waals surface area contributed by atoms with Crippen LogP contribution in [0, 0.1) is 17.1 Å². The first-order valence-electron chi connectivity index (χ1n) is 6.08. The monoisotopic (exact) mass is 284 g/mol. The number of rotatable bonds is 1. The number of ether oxygens (including phenoxy) is 2. The maximum absolute atomic E-state index is 14.0. The molecule has 0 unspecified atom stereocenters. The van der Waals surface area contributed by atoms with Crippen molar-refractivity contribution in [2.45, 2.75) is 6.61 Å². The van der Waals surface area contributed by atoms with Gasteiger partial charge in [0.1, 0.15) is 24.2 Å². The number of aromatic nitrogens is 1. The third kappa shape index (κ3) is 2.09. The number of fused-ring (bicyclic) bond motifs is 3. The summed E-state index contributed by atoms with van der Waals surface area (Å²) in [5, 5.41) is 8.86. The van der Waals surface area contributed by atoms with Gasteiger partial charge in [0.05, 0.1) is 23.9 Å². The highest BCUT2D eigenvalue weighted by Crippen LogP contribution is 2.38. The van der Waals surface area contributed by atoms with E-state index < -0.39 is 11.8 Å². The van der Waals surface area contributed by atoms with E-state index in [1.807, 2.05) is 6.07 Å². The zero-order valence-corrected chi connectivity index (χ0v) is 11.0. The fourth-order valence-corrected chi connectivity index (χ4v) is 2.20. The number of carbonyl (C=O) groups excluding carboxylic acids is 1. The molecule has 0 aliphatic carbocycles. The van der Waals surface area contributed by atoms with E-state index in [1.165, 1.54) is 25.4 Å². The molecule has 6 heteroatoms. The van der Waals surface area contributed by atoms with Crippen molar-refractivity contribution in [3.8, 4) is 23.1 Å². The Morgan fingerprint density at radius 3 is 3.00 bits per heavy atom. The summed E-state index contributed by atoms with van der Waals surface area (Å²) in [7, 11) is 1.18. The Labute approximate surface area is 119 Å². The largest absolute Gasteiger partial charge is 0.488 e. The van der Waals surface area contributed by atoms with Crippen molar-refractivity contribution in [3.05, 3.63) is 46.9 Å². The molecule has 1 aliphatic heterocycles. The second kappa shape index (κ2) is 4.87. The van der Waals surface area contributed by atoms with Gasteiger partial charge in [-0.1, -0.05) is 0 Å². The minimum absolute atomic E-state index is 0.187. The van der Waals surface area contributed by atoms with Gasteiger partial charge in [-0.2, -0.15) is 5.26 Å². The van der Waals surface area contributed by atoms with Crippen LogP contribution in [0.2, 0.25) is 0 Å². The molecule has 21 heavy (non-hydrogen) atoms. The number of halogens is 1. The Hall–Kier alpha value is -2.94. The van der Waals surface area contributed by atoms with Crippen LogP contribution in [0.1, 0.15) is 21.5 Å². The molecule has 0 N–H and O–H groups in total. The molecule has 5 nitrogen and oxygen atoms in total. The van der Waals surface area contributed by atoms with E-state index in [0.717, 1.165) is 0 Å². The molecule has 0 radical (unpaired) electrons. The number of carbonyl (C=O) groups is 1. The lowest BCUT2D eigenvalue weighted by Gasteiger charge is -2.20. The third-order valence-electron chi connectivity index (χ3n) is 3.21. The average Bonchev–Trinajstić information content (AvgIpc) is 2.52. The van der Waals surface area contributed by atoms with Crippen LogP contribution < -0.4 is 4.74 Å². The van der Waals surface area contributed by atoms with E-state index in [2.05, 4.69) is 9.72 Å². The summed E-state index contributed by atoms with van der Waals surface area (Å²) in [5.41, 5.74) is 1.92. The topological polar surface area (TPSA) is 72.2 Å². The maximum atomic E-state index is 14.0. The van der Waals surface area contributed by atoms with Gasteiger partial charge in [0.15, 0.2) is 0 Å². The van der Waals surface area contributed by atoms with E-state index in [4.69, 9.17) is 10.00 Å². The van der Waals surface area contributed by atoms with Crippen molar-refractivity contribution in [2.24, 2.45) is 0 Å². The van der Waals surface area contributed by atoms with Crippen LogP contribution in [-0.2, 0) is 11.3 Å².